The molecule has 4 nitrogen and oxygen atoms in total. The predicted octanol–water partition coefficient (Wildman–Crippen LogP) is 6.56. The standard InChI is InChI=1S/C25H21N3OS/c1-15-8-10-18(11-9-15)21-14-20(24-17(3)12-16(2)13-22(24)29-21)27-28-25-26-19-6-4-5-7-23(19)30-25/h4-14H,1-3H3,(H,26,28). The van der Waals surface area contributed by atoms with E-state index in [1.54, 1.807) is 11.3 Å². The van der Waals surface area contributed by atoms with Gasteiger partial charge in [-0.15, -0.1) is 0 Å². The monoisotopic (exact) mass is 411 g/mol. The van der Waals surface area contributed by atoms with Gasteiger partial charge in [-0.3, -0.25) is 5.43 Å². The average Bonchev–Trinajstić information content (AvgIpc) is 3.15. The SMILES string of the molecule is Cc1ccc(-c2cc(=NNc3nc4ccccc4s3)c3c(C)cc(C)cc3o2)cc1. The van der Waals surface area contributed by atoms with E-state index in [1.165, 1.54) is 5.56 Å². The lowest BCUT2D eigenvalue weighted by Gasteiger charge is -2.08. The Labute approximate surface area is 178 Å². The number of nitrogens with one attached hydrogen (secondary N) is 1. The zero-order valence-corrected chi connectivity index (χ0v) is 17.9. The van der Waals surface area contributed by atoms with Crippen molar-refractivity contribution in [1.29, 1.82) is 0 Å². The molecular weight excluding hydrogens is 390 g/mol. The summed E-state index contributed by atoms with van der Waals surface area (Å²) in [5.41, 5.74) is 9.50. The van der Waals surface area contributed by atoms with Crippen LogP contribution in [0.2, 0.25) is 0 Å². The van der Waals surface area contributed by atoms with E-state index >= 15 is 0 Å². The largest absolute Gasteiger partial charge is 0.456 e. The van der Waals surface area contributed by atoms with Crippen molar-refractivity contribution in [3.05, 3.63) is 88.8 Å². The molecule has 0 bridgehead atoms. The van der Waals surface area contributed by atoms with Crippen molar-refractivity contribution in [1.82, 2.24) is 4.98 Å². The molecule has 0 aliphatic carbocycles. The number of aryl methyl sites for hydroxylation is 3. The highest BCUT2D eigenvalue weighted by Crippen LogP contribution is 2.27. The summed E-state index contributed by atoms with van der Waals surface area (Å²) in [7, 11) is 0. The molecule has 5 aromatic rings. The first kappa shape index (κ1) is 18.6. The quantitative estimate of drug-likeness (QED) is 0.342. The summed E-state index contributed by atoms with van der Waals surface area (Å²) in [6.45, 7) is 6.25. The highest BCUT2D eigenvalue weighted by molar-refractivity contribution is 7.22. The van der Waals surface area contributed by atoms with E-state index < -0.39 is 0 Å². The normalized spacial score (nSPS) is 12.0. The van der Waals surface area contributed by atoms with E-state index in [-0.39, 0.29) is 0 Å². The second-order valence-corrected chi connectivity index (χ2v) is 8.56. The molecule has 0 aliphatic rings. The van der Waals surface area contributed by atoms with Gasteiger partial charge in [0.2, 0.25) is 5.13 Å². The molecule has 30 heavy (non-hydrogen) atoms. The van der Waals surface area contributed by atoms with E-state index in [1.807, 2.05) is 24.3 Å². The first-order valence-electron chi connectivity index (χ1n) is 9.84. The van der Waals surface area contributed by atoms with Gasteiger partial charge in [0.25, 0.3) is 0 Å². The lowest BCUT2D eigenvalue weighted by molar-refractivity contribution is 0.617. The topological polar surface area (TPSA) is 50.4 Å². The van der Waals surface area contributed by atoms with Crippen LogP contribution in [-0.4, -0.2) is 4.98 Å². The molecular formula is C25H21N3OS. The van der Waals surface area contributed by atoms with Crippen molar-refractivity contribution in [3.8, 4) is 11.3 Å². The maximum absolute atomic E-state index is 6.29. The third kappa shape index (κ3) is 3.48. The van der Waals surface area contributed by atoms with Crippen molar-refractivity contribution in [2.45, 2.75) is 20.8 Å². The van der Waals surface area contributed by atoms with Crippen LogP contribution in [0.25, 0.3) is 32.5 Å². The second-order valence-electron chi connectivity index (χ2n) is 7.53. The molecule has 1 N–H and O–H groups in total. The lowest BCUT2D eigenvalue weighted by Crippen LogP contribution is -2.09. The summed E-state index contributed by atoms with van der Waals surface area (Å²) >= 11 is 1.59. The molecule has 5 rings (SSSR count). The molecule has 2 aromatic heterocycles. The Kier molecular flexibility index (Phi) is 4.60. The minimum atomic E-state index is 0.770. The fourth-order valence-electron chi connectivity index (χ4n) is 3.66. The molecule has 0 atom stereocenters. The van der Waals surface area contributed by atoms with Gasteiger partial charge in [0, 0.05) is 17.0 Å². The predicted molar refractivity (Wildman–Crippen MR) is 125 cm³/mol. The number of hydrogen-bond acceptors (Lipinski definition) is 5. The fraction of sp³-hybridized carbons (Fsp3) is 0.120. The van der Waals surface area contributed by atoms with Crippen molar-refractivity contribution in [2.75, 3.05) is 5.43 Å². The van der Waals surface area contributed by atoms with Gasteiger partial charge in [-0.05, 0) is 50.1 Å². The number of para-hydroxylation sites is 1. The van der Waals surface area contributed by atoms with Crippen molar-refractivity contribution < 1.29 is 4.42 Å². The molecule has 148 valence electrons. The number of anilines is 1. The van der Waals surface area contributed by atoms with Crippen molar-refractivity contribution in [2.24, 2.45) is 5.10 Å². The number of aromatic nitrogens is 1. The summed E-state index contributed by atoms with van der Waals surface area (Å²) in [6.07, 6.45) is 0. The Morgan fingerprint density at radius 1 is 0.900 bits per heavy atom. The molecule has 0 saturated heterocycles. The zero-order chi connectivity index (χ0) is 20.7. The van der Waals surface area contributed by atoms with Crippen molar-refractivity contribution >= 4 is 37.7 Å². The first-order chi connectivity index (χ1) is 14.6. The van der Waals surface area contributed by atoms with Gasteiger partial charge in [-0.1, -0.05) is 59.4 Å². The molecule has 0 saturated carbocycles. The van der Waals surface area contributed by atoms with Crippen LogP contribution >= 0.6 is 11.3 Å². The van der Waals surface area contributed by atoms with Crippen LogP contribution in [-0.2, 0) is 0 Å². The molecule has 0 amide bonds. The second kappa shape index (κ2) is 7.43. The van der Waals surface area contributed by atoms with Gasteiger partial charge >= 0.3 is 0 Å². The van der Waals surface area contributed by atoms with Crippen molar-refractivity contribution in [3.63, 3.8) is 0 Å². The third-order valence-corrected chi connectivity index (χ3v) is 6.03. The van der Waals surface area contributed by atoms with Gasteiger partial charge in [-0.2, -0.15) is 5.10 Å². The van der Waals surface area contributed by atoms with E-state index in [0.29, 0.717) is 0 Å². The molecule has 0 aliphatic heterocycles. The molecule has 0 spiro atoms. The number of thiazole rings is 1. The Morgan fingerprint density at radius 2 is 1.70 bits per heavy atom. The molecule has 5 heteroatoms. The average molecular weight is 412 g/mol. The van der Waals surface area contributed by atoms with Gasteiger partial charge < -0.3 is 4.42 Å². The smallest absolute Gasteiger partial charge is 0.204 e. The lowest BCUT2D eigenvalue weighted by atomic mass is 10.0. The number of benzene rings is 3. The van der Waals surface area contributed by atoms with Crippen LogP contribution in [0.3, 0.4) is 0 Å². The summed E-state index contributed by atoms with van der Waals surface area (Å²) in [5, 5.41) is 7.34. The summed E-state index contributed by atoms with van der Waals surface area (Å²) in [4.78, 5) is 4.62. The summed E-state index contributed by atoms with van der Waals surface area (Å²) < 4.78 is 7.42. The number of fused-ring (bicyclic) bond motifs is 2. The van der Waals surface area contributed by atoms with Crippen LogP contribution in [0.5, 0.6) is 0 Å². The Hall–Kier alpha value is -3.44. The molecule has 0 radical (unpaired) electrons. The van der Waals surface area contributed by atoms with E-state index in [0.717, 1.165) is 54.1 Å². The van der Waals surface area contributed by atoms with E-state index in [4.69, 9.17) is 9.52 Å². The molecule has 3 aromatic carbocycles. The van der Waals surface area contributed by atoms with Crippen LogP contribution in [0.1, 0.15) is 16.7 Å². The third-order valence-electron chi connectivity index (χ3n) is 5.09. The van der Waals surface area contributed by atoms with Gasteiger partial charge in [-0.25, -0.2) is 4.98 Å². The van der Waals surface area contributed by atoms with E-state index in [2.05, 4.69) is 73.6 Å². The number of rotatable bonds is 3. The minimum Gasteiger partial charge on any atom is -0.456 e. The fourth-order valence-corrected chi connectivity index (χ4v) is 4.47. The first-order valence-corrected chi connectivity index (χ1v) is 10.7. The van der Waals surface area contributed by atoms with Gasteiger partial charge in [0.1, 0.15) is 11.3 Å². The van der Waals surface area contributed by atoms with Crippen LogP contribution in [0.4, 0.5) is 5.13 Å². The Morgan fingerprint density at radius 3 is 2.50 bits per heavy atom. The van der Waals surface area contributed by atoms with Crippen LogP contribution in [0, 0.1) is 20.8 Å². The van der Waals surface area contributed by atoms with E-state index in [9.17, 15) is 0 Å². The summed E-state index contributed by atoms with van der Waals surface area (Å²) in [5.74, 6) is 0.789. The molecule has 2 heterocycles. The Balaban J connectivity index is 1.68. The molecule has 0 fully saturated rings. The highest BCUT2D eigenvalue weighted by atomic mass is 32.1. The maximum Gasteiger partial charge on any atom is 0.204 e. The Bertz CT molecular complexity index is 1410. The zero-order valence-electron chi connectivity index (χ0n) is 17.1. The van der Waals surface area contributed by atoms with Gasteiger partial charge in [0.15, 0.2) is 0 Å². The number of hydrogen-bond donors (Lipinski definition) is 1. The summed E-state index contributed by atoms with van der Waals surface area (Å²) in [6, 6.07) is 22.6. The van der Waals surface area contributed by atoms with Crippen LogP contribution in [0.15, 0.2) is 76.2 Å². The van der Waals surface area contributed by atoms with Crippen LogP contribution < -0.4 is 10.8 Å². The maximum atomic E-state index is 6.29. The van der Waals surface area contributed by atoms with Gasteiger partial charge in [0.05, 0.1) is 15.6 Å². The number of nitrogens with zero attached hydrogens (tertiary/aromatic N) is 2. The highest BCUT2D eigenvalue weighted by Gasteiger charge is 2.10. The minimum absolute atomic E-state index is 0.770. The molecule has 0 unspecified atom stereocenters.